The Balaban J connectivity index is 2.74. The molecule has 0 bridgehead atoms. The maximum absolute atomic E-state index is 12.3. The molecule has 0 aliphatic carbocycles. The second kappa shape index (κ2) is 5.76. The third kappa shape index (κ3) is 2.51. The van der Waals surface area contributed by atoms with E-state index in [1.54, 1.807) is 24.3 Å². The molecule has 0 unspecified atom stereocenters. The van der Waals surface area contributed by atoms with E-state index in [1.807, 2.05) is 13.0 Å². The molecule has 0 radical (unpaired) electrons. The lowest BCUT2D eigenvalue weighted by Gasteiger charge is -2.10. The van der Waals surface area contributed by atoms with Gasteiger partial charge in [0.05, 0.1) is 5.69 Å². The van der Waals surface area contributed by atoms with Gasteiger partial charge in [0.15, 0.2) is 0 Å². The highest BCUT2D eigenvalue weighted by Gasteiger charge is 2.11. The predicted molar refractivity (Wildman–Crippen MR) is 76.3 cm³/mol. The van der Waals surface area contributed by atoms with Gasteiger partial charge in [-0.15, -0.1) is 0 Å². The fourth-order valence-corrected chi connectivity index (χ4v) is 2.01. The minimum atomic E-state index is -0.551. The molecule has 0 aliphatic rings. The van der Waals surface area contributed by atoms with Crippen molar-refractivity contribution >= 4 is 11.6 Å². The second-order valence-electron chi connectivity index (χ2n) is 4.24. The number of aromatic nitrogens is 2. The van der Waals surface area contributed by atoms with E-state index >= 15 is 0 Å². The Hall–Kier alpha value is -2.32. The molecular weight excluding hydrogens is 278 g/mol. The molecule has 102 valence electrons. The van der Waals surface area contributed by atoms with Crippen molar-refractivity contribution in [1.82, 2.24) is 9.13 Å². The van der Waals surface area contributed by atoms with Crippen molar-refractivity contribution in [2.24, 2.45) is 0 Å². The van der Waals surface area contributed by atoms with E-state index in [9.17, 15) is 9.59 Å². The van der Waals surface area contributed by atoms with Crippen molar-refractivity contribution in [3.05, 3.63) is 61.9 Å². The van der Waals surface area contributed by atoms with Crippen LogP contribution in [0.25, 0.3) is 5.69 Å². The molecule has 1 heterocycles. The lowest BCUT2D eigenvalue weighted by molar-refractivity contribution is 0.595. The number of hydrogen-bond donors (Lipinski definition) is 0. The summed E-state index contributed by atoms with van der Waals surface area (Å²) in [6.45, 7) is 2.14. The third-order valence-electron chi connectivity index (χ3n) is 2.84. The molecule has 0 N–H and O–H groups in total. The Labute approximate surface area is 120 Å². The quantitative estimate of drug-likeness (QED) is 0.867. The fourth-order valence-electron chi connectivity index (χ4n) is 1.89. The number of nitriles is 1. The first-order valence-electron chi connectivity index (χ1n) is 6.11. The van der Waals surface area contributed by atoms with Crippen LogP contribution >= 0.6 is 11.6 Å². The number of hydrogen-bond acceptors (Lipinski definition) is 3. The van der Waals surface area contributed by atoms with Crippen molar-refractivity contribution < 1.29 is 0 Å². The Bertz CT molecular complexity index is 782. The lowest BCUT2D eigenvalue weighted by atomic mass is 10.3. The zero-order valence-corrected chi connectivity index (χ0v) is 11.6. The molecule has 0 aliphatic heterocycles. The summed E-state index contributed by atoms with van der Waals surface area (Å²) in [4.78, 5) is 24.3. The van der Waals surface area contributed by atoms with Crippen molar-refractivity contribution in [3.63, 3.8) is 0 Å². The van der Waals surface area contributed by atoms with Crippen LogP contribution in [0.2, 0.25) is 5.02 Å². The molecule has 0 atom stereocenters. The molecule has 2 rings (SSSR count). The topological polar surface area (TPSA) is 67.8 Å². The van der Waals surface area contributed by atoms with Gasteiger partial charge < -0.3 is 0 Å². The Morgan fingerprint density at radius 2 is 1.90 bits per heavy atom. The summed E-state index contributed by atoms with van der Waals surface area (Å²) < 4.78 is 2.36. The molecule has 1 aromatic heterocycles. The maximum atomic E-state index is 12.3. The molecule has 0 fully saturated rings. The highest BCUT2D eigenvalue weighted by atomic mass is 35.5. The van der Waals surface area contributed by atoms with E-state index in [0.29, 0.717) is 17.1 Å². The third-order valence-corrected chi connectivity index (χ3v) is 3.10. The van der Waals surface area contributed by atoms with E-state index < -0.39 is 11.2 Å². The molecule has 20 heavy (non-hydrogen) atoms. The summed E-state index contributed by atoms with van der Waals surface area (Å²) in [5.41, 5.74) is -0.517. The van der Waals surface area contributed by atoms with Crippen LogP contribution in [0.4, 0.5) is 0 Å². The monoisotopic (exact) mass is 289 g/mol. The predicted octanol–water partition coefficient (Wildman–Crippen LogP) is 1.93. The largest absolute Gasteiger partial charge is 0.335 e. The van der Waals surface area contributed by atoms with Gasteiger partial charge in [-0.05, 0) is 30.7 Å². The number of halogens is 1. The van der Waals surface area contributed by atoms with Crippen molar-refractivity contribution in [2.75, 3.05) is 0 Å². The molecule has 0 amide bonds. The van der Waals surface area contributed by atoms with E-state index in [1.165, 1.54) is 10.8 Å². The Morgan fingerprint density at radius 1 is 1.25 bits per heavy atom. The normalized spacial score (nSPS) is 10.2. The SMILES string of the molecule is CCCn1c(=O)c(C#N)cn(-c2ccc(Cl)cc2)c1=O. The smallest absolute Gasteiger partial charge is 0.268 e. The van der Waals surface area contributed by atoms with Gasteiger partial charge in [0.1, 0.15) is 11.6 Å². The molecule has 0 saturated heterocycles. The number of rotatable bonds is 3. The summed E-state index contributed by atoms with van der Waals surface area (Å²) in [5, 5.41) is 9.56. The minimum Gasteiger partial charge on any atom is -0.268 e. The molecule has 2 aromatic rings. The first-order chi connectivity index (χ1) is 9.58. The van der Waals surface area contributed by atoms with Crippen LogP contribution in [-0.2, 0) is 6.54 Å². The highest BCUT2D eigenvalue weighted by Crippen LogP contribution is 2.11. The van der Waals surface area contributed by atoms with Gasteiger partial charge in [-0.25, -0.2) is 4.79 Å². The highest BCUT2D eigenvalue weighted by molar-refractivity contribution is 6.30. The van der Waals surface area contributed by atoms with E-state index in [2.05, 4.69) is 0 Å². The number of nitrogens with zero attached hydrogens (tertiary/aromatic N) is 3. The van der Waals surface area contributed by atoms with Crippen molar-refractivity contribution in [2.45, 2.75) is 19.9 Å². The van der Waals surface area contributed by atoms with Crippen LogP contribution < -0.4 is 11.2 Å². The number of benzene rings is 1. The summed E-state index contributed by atoms with van der Waals surface area (Å²) in [5.74, 6) is 0. The average Bonchev–Trinajstić information content (AvgIpc) is 2.45. The lowest BCUT2D eigenvalue weighted by Crippen LogP contribution is -2.40. The van der Waals surface area contributed by atoms with Gasteiger partial charge >= 0.3 is 5.69 Å². The Morgan fingerprint density at radius 3 is 2.45 bits per heavy atom. The van der Waals surface area contributed by atoms with Crippen LogP contribution in [0.1, 0.15) is 18.9 Å². The van der Waals surface area contributed by atoms with Crippen LogP contribution in [0.3, 0.4) is 0 Å². The van der Waals surface area contributed by atoms with Gasteiger partial charge in [-0.3, -0.25) is 13.9 Å². The zero-order valence-electron chi connectivity index (χ0n) is 10.8. The van der Waals surface area contributed by atoms with Crippen LogP contribution in [0.15, 0.2) is 40.1 Å². The molecule has 0 spiro atoms. The van der Waals surface area contributed by atoms with Crippen molar-refractivity contribution in [3.8, 4) is 11.8 Å². The maximum Gasteiger partial charge on any atom is 0.335 e. The average molecular weight is 290 g/mol. The second-order valence-corrected chi connectivity index (χ2v) is 4.68. The van der Waals surface area contributed by atoms with Gasteiger partial charge in [0, 0.05) is 17.8 Å². The summed E-state index contributed by atoms with van der Waals surface area (Å²) in [7, 11) is 0. The fraction of sp³-hybridized carbons (Fsp3) is 0.214. The summed E-state index contributed by atoms with van der Waals surface area (Å²) in [6, 6.07) is 8.43. The summed E-state index contributed by atoms with van der Waals surface area (Å²) >= 11 is 5.81. The van der Waals surface area contributed by atoms with Crippen molar-refractivity contribution in [1.29, 1.82) is 5.26 Å². The van der Waals surface area contributed by atoms with E-state index in [-0.39, 0.29) is 12.1 Å². The standard InChI is InChI=1S/C14H12ClN3O2/c1-2-7-17-13(19)10(8-16)9-18(14(17)20)12-5-3-11(15)4-6-12/h3-6,9H,2,7H2,1H3. The van der Waals surface area contributed by atoms with Crippen LogP contribution in [0.5, 0.6) is 0 Å². The molecule has 6 heteroatoms. The van der Waals surface area contributed by atoms with E-state index in [4.69, 9.17) is 16.9 Å². The molecular formula is C14H12ClN3O2. The molecule has 5 nitrogen and oxygen atoms in total. The van der Waals surface area contributed by atoms with Gasteiger partial charge in [-0.1, -0.05) is 18.5 Å². The van der Waals surface area contributed by atoms with E-state index in [0.717, 1.165) is 4.57 Å². The van der Waals surface area contributed by atoms with Gasteiger partial charge in [-0.2, -0.15) is 5.26 Å². The molecule has 1 aromatic carbocycles. The summed E-state index contributed by atoms with van der Waals surface area (Å²) in [6.07, 6.45) is 1.89. The van der Waals surface area contributed by atoms with Gasteiger partial charge in [0.25, 0.3) is 5.56 Å². The van der Waals surface area contributed by atoms with Crippen LogP contribution in [0, 0.1) is 11.3 Å². The minimum absolute atomic E-state index is 0.0620. The molecule has 0 saturated carbocycles. The Kier molecular flexibility index (Phi) is 4.06. The van der Waals surface area contributed by atoms with Gasteiger partial charge in [0.2, 0.25) is 0 Å². The first-order valence-corrected chi connectivity index (χ1v) is 6.48. The first kappa shape index (κ1) is 14.1. The zero-order chi connectivity index (χ0) is 14.7. The van der Waals surface area contributed by atoms with Crippen LogP contribution in [-0.4, -0.2) is 9.13 Å².